The van der Waals surface area contributed by atoms with Crippen LogP contribution in [0.4, 0.5) is 5.69 Å². The largest absolute Gasteiger partial charge is 0.479 e. The molecule has 0 saturated heterocycles. The van der Waals surface area contributed by atoms with Crippen LogP contribution < -0.4 is 15.0 Å². The fraction of sp³-hybridized carbons (Fsp3) is 0.579. The van der Waals surface area contributed by atoms with Crippen LogP contribution in [0.25, 0.3) is 0 Å². The van der Waals surface area contributed by atoms with Crippen molar-refractivity contribution in [2.75, 3.05) is 11.4 Å². The van der Waals surface area contributed by atoms with Crippen LogP contribution in [0.1, 0.15) is 51.0 Å². The molecule has 1 aromatic carbocycles. The monoisotopic (exact) mass is 330 g/mol. The minimum Gasteiger partial charge on any atom is -0.479 e. The fourth-order valence-electron chi connectivity index (χ4n) is 3.51. The topological polar surface area (TPSA) is 58.6 Å². The van der Waals surface area contributed by atoms with Crippen LogP contribution in [0.2, 0.25) is 0 Å². The summed E-state index contributed by atoms with van der Waals surface area (Å²) < 4.78 is 5.67. The zero-order valence-electron chi connectivity index (χ0n) is 14.5. The summed E-state index contributed by atoms with van der Waals surface area (Å²) in [6.45, 7) is 4.12. The Hall–Kier alpha value is -2.04. The number of aryl methyl sites for hydroxylation is 1. The Kier molecular flexibility index (Phi) is 5.07. The number of amides is 2. The predicted molar refractivity (Wildman–Crippen MR) is 93.3 cm³/mol. The van der Waals surface area contributed by atoms with Crippen molar-refractivity contribution in [3.8, 4) is 5.75 Å². The van der Waals surface area contributed by atoms with Gasteiger partial charge in [-0.15, -0.1) is 0 Å². The molecule has 0 unspecified atom stereocenters. The average molecular weight is 330 g/mol. The molecule has 0 aromatic heterocycles. The number of nitrogens with zero attached hydrogens (tertiary/aromatic N) is 1. The van der Waals surface area contributed by atoms with Crippen molar-refractivity contribution in [1.29, 1.82) is 0 Å². The van der Waals surface area contributed by atoms with E-state index in [0.717, 1.165) is 24.1 Å². The molecule has 1 atom stereocenters. The Bertz CT molecular complexity index is 623. The van der Waals surface area contributed by atoms with Gasteiger partial charge in [-0.3, -0.25) is 9.59 Å². The van der Waals surface area contributed by atoms with E-state index in [1.807, 2.05) is 25.1 Å². The maximum Gasteiger partial charge on any atom is 0.267 e. The van der Waals surface area contributed by atoms with Gasteiger partial charge in [-0.2, -0.15) is 0 Å². The first-order valence-electron chi connectivity index (χ1n) is 8.92. The van der Waals surface area contributed by atoms with Crippen molar-refractivity contribution in [2.45, 2.75) is 64.5 Å². The number of ether oxygens (including phenoxy) is 1. The van der Waals surface area contributed by atoms with E-state index in [2.05, 4.69) is 5.32 Å². The number of nitrogens with one attached hydrogen (secondary N) is 1. The third kappa shape index (κ3) is 3.71. The van der Waals surface area contributed by atoms with E-state index in [4.69, 9.17) is 4.74 Å². The molecule has 24 heavy (non-hydrogen) atoms. The average Bonchev–Trinajstić information content (AvgIpc) is 2.57. The molecule has 1 aliphatic carbocycles. The second-order valence-corrected chi connectivity index (χ2v) is 6.87. The van der Waals surface area contributed by atoms with Crippen LogP contribution in [-0.2, 0) is 9.59 Å². The molecule has 2 aliphatic rings. The molecule has 1 heterocycles. The van der Waals surface area contributed by atoms with Crippen LogP contribution in [0, 0.1) is 6.92 Å². The zero-order valence-corrected chi connectivity index (χ0v) is 14.5. The molecular formula is C19H26N2O3. The molecule has 1 N–H and O–H groups in total. The molecule has 1 fully saturated rings. The number of benzene rings is 1. The molecule has 5 heteroatoms. The van der Waals surface area contributed by atoms with Crippen molar-refractivity contribution in [1.82, 2.24) is 5.32 Å². The summed E-state index contributed by atoms with van der Waals surface area (Å²) >= 11 is 0. The summed E-state index contributed by atoms with van der Waals surface area (Å²) in [6, 6.07) is 6.11. The molecule has 3 rings (SSSR count). The van der Waals surface area contributed by atoms with Crippen LogP contribution in [0.5, 0.6) is 5.75 Å². The number of carbonyl (C=O) groups is 2. The Morgan fingerprint density at radius 3 is 2.79 bits per heavy atom. The third-order valence-corrected chi connectivity index (χ3v) is 4.86. The highest BCUT2D eigenvalue weighted by Gasteiger charge is 2.31. The molecule has 5 nitrogen and oxygen atoms in total. The van der Waals surface area contributed by atoms with E-state index < -0.39 is 6.10 Å². The number of hydrogen-bond acceptors (Lipinski definition) is 3. The highest BCUT2D eigenvalue weighted by molar-refractivity contribution is 6.00. The van der Waals surface area contributed by atoms with Gasteiger partial charge in [0.1, 0.15) is 5.75 Å². The van der Waals surface area contributed by atoms with Gasteiger partial charge in [0, 0.05) is 19.0 Å². The number of fused-ring (bicyclic) bond motifs is 1. The van der Waals surface area contributed by atoms with Crippen molar-refractivity contribution in [3.63, 3.8) is 0 Å². The minimum atomic E-state index is -0.512. The molecule has 0 bridgehead atoms. The van der Waals surface area contributed by atoms with Gasteiger partial charge in [0.05, 0.1) is 5.69 Å². The van der Waals surface area contributed by atoms with Gasteiger partial charge < -0.3 is 15.0 Å². The number of carbonyl (C=O) groups excluding carboxylic acids is 2. The van der Waals surface area contributed by atoms with Crippen molar-refractivity contribution in [2.24, 2.45) is 0 Å². The summed E-state index contributed by atoms with van der Waals surface area (Å²) in [5, 5.41) is 3.11. The summed E-state index contributed by atoms with van der Waals surface area (Å²) in [6.07, 6.45) is 5.60. The van der Waals surface area contributed by atoms with E-state index in [1.54, 1.807) is 11.8 Å². The summed E-state index contributed by atoms with van der Waals surface area (Å²) in [4.78, 5) is 26.4. The summed E-state index contributed by atoms with van der Waals surface area (Å²) in [7, 11) is 0. The lowest BCUT2D eigenvalue weighted by molar-refractivity contribution is -0.125. The molecule has 1 aromatic rings. The standard InChI is InChI=1S/C19H26N2O3/c1-13-8-9-17-16(12-13)21(19(23)14(2)24-17)11-10-18(22)20-15-6-4-3-5-7-15/h8-9,12,14-15H,3-7,10-11H2,1-2H3,(H,20,22)/t14-/m0/s1. The second-order valence-electron chi connectivity index (χ2n) is 6.87. The van der Waals surface area contributed by atoms with E-state index in [0.29, 0.717) is 24.8 Å². The fourth-order valence-corrected chi connectivity index (χ4v) is 3.51. The van der Waals surface area contributed by atoms with Crippen molar-refractivity contribution < 1.29 is 14.3 Å². The van der Waals surface area contributed by atoms with Crippen LogP contribution in [-0.4, -0.2) is 30.5 Å². The molecule has 2 amide bonds. The molecule has 130 valence electrons. The first kappa shape index (κ1) is 16.8. The van der Waals surface area contributed by atoms with Gasteiger partial charge >= 0.3 is 0 Å². The first-order chi connectivity index (χ1) is 11.5. The highest BCUT2D eigenvalue weighted by atomic mass is 16.5. The molecule has 1 saturated carbocycles. The lowest BCUT2D eigenvalue weighted by Crippen LogP contribution is -2.46. The quantitative estimate of drug-likeness (QED) is 0.923. The Morgan fingerprint density at radius 1 is 1.29 bits per heavy atom. The lowest BCUT2D eigenvalue weighted by atomic mass is 9.95. The SMILES string of the molecule is Cc1ccc2c(c1)N(CCC(=O)NC1CCCCC1)C(=O)[C@H](C)O2. The Balaban J connectivity index is 1.64. The van der Waals surface area contributed by atoms with Crippen LogP contribution in [0.3, 0.4) is 0 Å². The summed E-state index contributed by atoms with van der Waals surface area (Å²) in [5.74, 6) is 0.655. The highest BCUT2D eigenvalue weighted by Crippen LogP contribution is 2.34. The first-order valence-corrected chi connectivity index (χ1v) is 8.92. The molecule has 0 radical (unpaired) electrons. The maximum absolute atomic E-state index is 12.5. The third-order valence-electron chi connectivity index (χ3n) is 4.86. The zero-order chi connectivity index (χ0) is 17.1. The van der Waals surface area contributed by atoms with E-state index in [9.17, 15) is 9.59 Å². The van der Waals surface area contributed by atoms with Gasteiger partial charge in [0.15, 0.2) is 6.10 Å². The van der Waals surface area contributed by atoms with Gasteiger partial charge in [-0.05, 0) is 44.4 Å². The van der Waals surface area contributed by atoms with Gasteiger partial charge in [0.2, 0.25) is 5.91 Å². The molecular weight excluding hydrogens is 304 g/mol. The van der Waals surface area contributed by atoms with Crippen LogP contribution in [0.15, 0.2) is 18.2 Å². The van der Waals surface area contributed by atoms with Crippen molar-refractivity contribution >= 4 is 17.5 Å². The van der Waals surface area contributed by atoms with Gasteiger partial charge in [0.25, 0.3) is 5.91 Å². The van der Waals surface area contributed by atoms with Gasteiger partial charge in [-0.25, -0.2) is 0 Å². The second kappa shape index (κ2) is 7.24. The predicted octanol–water partition coefficient (Wildman–Crippen LogP) is 2.95. The van der Waals surface area contributed by atoms with Crippen LogP contribution >= 0.6 is 0 Å². The number of hydrogen-bond donors (Lipinski definition) is 1. The van der Waals surface area contributed by atoms with Gasteiger partial charge in [-0.1, -0.05) is 25.3 Å². The Labute approximate surface area is 143 Å². The van der Waals surface area contributed by atoms with E-state index in [1.165, 1.54) is 19.3 Å². The molecule has 1 aliphatic heterocycles. The summed E-state index contributed by atoms with van der Waals surface area (Å²) in [5.41, 5.74) is 1.83. The number of anilines is 1. The minimum absolute atomic E-state index is 0.0306. The normalized spacial score (nSPS) is 21.2. The van der Waals surface area contributed by atoms with E-state index >= 15 is 0 Å². The van der Waals surface area contributed by atoms with Crippen molar-refractivity contribution in [3.05, 3.63) is 23.8 Å². The number of rotatable bonds is 4. The smallest absolute Gasteiger partial charge is 0.267 e. The van der Waals surface area contributed by atoms with E-state index in [-0.39, 0.29) is 11.8 Å². The molecule has 0 spiro atoms. The lowest BCUT2D eigenvalue weighted by Gasteiger charge is -2.33. The Morgan fingerprint density at radius 2 is 2.04 bits per heavy atom. The maximum atomic E-state index is 12.5.